The smallest absolute Gasteiger partial charge is 0.245 e. The Balaban J connectivity index is 1.84. The fraction of sp³-hybridized carbons (Fsp3) is 0.208. The second kappa shape index (κ2) is 10.6. The van der Waals surface area contributed by atoms with E-state index in [1.807, 2.05) is 61.5 Å². The van der Waals surface area contributed by atoms with Crippen molar-refractivity contribution in [1.82, 2.24) is 10.0 Å². The van der Waals surface area contributed by atoms with Crippen molar-refractivity contribution < 1.29 is 17.9 Å². The van der Waals surface area contributed by atoms with E-state index in [2.05, 4.69) is 10.0 Å². The van der Waals surface area contributed by atoms with Gasteiger partial charge in [0.15, 0.2) is 0 Å². The fourth-order valence-electron chi connectivity index (χ4n) is 3.17. The minimum atomic E-state index is -4.10. The number of methoxy groups -OCH3 is 1. The minimum absolute atomic E-state index is 0.128. The molecule has 168 valence electrons. The number of benzene rings is 3. The highest BCUT2D eigenvalue weighted by molar-refractivity contribution is 7.89. The summed E-state index contributed by atoms with van der Waals surface area (Å²) < 4.78 is 34.0. The number of carbonyl (C=O) groups is 1. The van der Waals surface area contributed by atoms with Crippen molar-refractivity contribution in [2.75, 3.05) is 7.11 Å². The molecule has 0 saturated carbocycles. The Bertz CT molecular complexity index is 1170. The average molecular weight is 473 g/mol. The topological polar surface area (TPSA) is 84.5 Å². The quantitative estimate of drug-likeness (QED) is 0.495. The van der Waals surface area contributed by atoms with Crippen LogP contribution in [-0.4, -0.2) is 27.5 Å². The summed E-state index contributed by atoms with van der Waals surface area (Å²) in [6.45, 7) is 2.27. The number of hydrogen-bond donors (Lipinski definition) is 2. The molecule has 3 aromatic rings. The van der Waals surface area contributed by atoms with Crippen LogP contribution in [0.25, 0.3) is 0 Å². The van der Waals surface area contributed by atoms with Gasteiger partial charge in [-0.25, -0.2) is 8.42 Å². The van der Waals surface area contributed by atoms with E-state index in [1.54, 1.807) is 0 Å². The molecule has 0 radical (unpaired) electrons. The third-order valence-electron chi connectivity index (χ3n) is 4.90. The summed E-state index contributed by atoms with van der Waals surface area (Å²) in [7, 11) is -2.73. The zero-order chi connectivity index (χ0) is 23.1. The summed E-state index contributed by atoms with van der Waals surface area (Å²) in [4.78, 5) is 12.9. The minimum Gasteiger partial charge on any atom is -0.495 e. The van der Waals surface area contributed by atoms with Gasteiger partial charge in [-0.1, -0.05) is 71.8 Å². The zero-order valence-electron chi connectivity index (χ0n) is 17.8. The van der Waals surface area contributed by atoms with E-state index >= 15 is 0 Å². The van der Waals surface area contributed by atoms with Crippen molar-refractivity contribution in [3.63, 3.8) is 0 Å². The van der Waals surface area contributed by atoms with Crippen molar-refractivity contribution in [1.29, 1.82) is 0 Å². The second-order valence-electron chi connectivity index (χ2n) is 7.36. The lowest BCUT2D eigenvalue weighted by Crippen LogP contribution is -2.47. The van der Waals surface area contributed by atoms with Crippen LogP contribution in [0, 0.1) is 6.92 Å². The number of amides is 1. The van der Waals surface area contributed by atoms with Crippen LogP contribution in [-0.2, 0) is 27.8 Å². The third kappa shape index (κ3) is 6.32. The van der Waals surface area contributed by atoms with E-state index in [1.165, 1.54) is 25.3 Å². The van der Waals surface area contributed by atoms with Crippen molar-refractivity contribution in [2.24, 2.45) is 0 Å². The van der Waals surface area contributed by atoms with Crippen molar-refractivity contribution >= 4 is 27.5 Å². The van der Waals surface area contributed by atoms with Gasteiger partial charge in [0.1, 0.15) is 16.7 Å². The SMILES string of the molecule is COc1ccc(Cl)cc1S(=O)(=O)N[C@@H](Cc1ccccc1)C(=O)NCc1ccc(C)cc1. The van der Waals surface area contributed by atoms with Crippen LogP contribution in [0.5, 0.6) is 5.75 Å². The molecule has 0 fully saturated rings. The van der Waals surface area contributed by atoms with E-state index in [9.17, 15) is 13.2 Å². The van der Waals surface area contributed by atoms with Crippen molar-refractivity contribution in [3.8, 4) is 5.75 Å². The van der Waals surface area contributed by atoms with Crippen molar-refractivity contribution in [3.05, 3.63) is 94.5 Å². The number of hydrogen-bond acceptors (Lipinski definition) is 4. The molecule has 8 heteroatoms. The number of carbonyl (C=O) groups excluding carboxylic acids is 1. The monoisotopic (exact) mass is 472 g/mol. The van der Waals surface area contributed by atoms with Crippen LogP contribution in [0.2, 0.25) is 5.02 Å². The molecule has 32 heavy (non-hydrogen) atoms. The molecule has 0 saturated heterocycles. The molecule has 6 nitrogen and oxygen atoms in total. The predicted octanol–water partition coefficient (Wildman–Crippen LogP) is 3.86. The van der Waals surface area contributed by atoms with Gasteiger partial charge in [0, 0.05) is 11.6 Å². The molecule has 0 spiro atoms. The van der Waals surface area contributed by atoms with Gasteiger partial charge in [0.25, 0.3) is 0 Å². The van der Waals surface area contributed by atoms with Crippen LogP contribution in [0.15, 0.2) is 77.7 Å². The number of aryl methyl sites for hydroxylation is 1. The number of halogens is 1. The number of rotatable bonds is 9. The highest BCUT2D eigenvalue weighted by Gasteiger charge is 2.28. The Morgan fingerprint density at radius 2 is 1.69 bits per heavy atom. The van der Waals surface area contributed by atoms with E-state index in [-0.39, 0.29) is 28.6 Å². The normalized spacial score (nSPS) is 12.2. The molecule has 2 N–H and O–H groups in total. The lowest BCUT2D eigenvalue weighted by atomic mass is 10.1. The van der Waals surface area contributed by atoms with Crippen LogP contribution in [0.4, 0.5) is 0 Å². The number of sulfonamides is 1. The van der Waals surface area contributed by atoms with Crippen molar-refractivity contribution in [2.45, 2.75) is 30.8 Å². The highest BCUT2D eigenvalue weighted by atomic mass is 35.5. The van der Waals surface area contributed by atoms with Gasteiger partial charge < -0.3 is 10.1 Å². The zero-order valence-corrected chi connectivity index (χ0v) is 19.4. The number of nitrogens with one attached hydrogen (secondary N) is 2. The molecule has 0 aliphatic heterocycles. The van der Waals surface area contributed by atoms with Gasteiger partial charge in [-0.15, -0.1) is 0 Å². The van der Waals surface area contributed by atoms with E-state index in [4.69, 9.17) is 16.3 Å². The van der Waals surface area contributed by atoms with Crippen LogP contribution >= 0.6 is 11.6 Å². The Hall–Kier alpha value is -2.87. The van der Waals surface area contributed by atoms with Crippen LogP contribution < -0.4 is 14.8 Å². The third-order valence-corrected chi connectivity index (χ3v) is 6.63. The molecule has 0 unspecified atom stereocenters. The Morgan fingerprint density at radius 3 is 2.34 bits per heavy atom. The second-order valence-corrected chi connectivity index (χ2v) is 9.48. The standard InChI is InChI=1S/C24H25ClN2O4S/c1-17-8-10-19(11-9-17)16-26-24(28)21(14-18-6-4-3-5-7-18)27-32(29,30)23-15-20(25)12-13-22(23)31-2/h3-13,15,21,27H,14,16H2,1-2H3,(H,26,28)/t21-/m0/s1. The summed E-state index contributed by atoms with van der Waals surface area (Å²) in [5.41, 5.74) is 2.86. The molecule has 0 aromatic heterocycles. The molecular formula is C24H25ClN2O4S. The lowest BCUT2D eigenvalue weighted by molar-refractivity contribution is -0.122. The van der Waals surface area contributed by atoms with Gasteiger partial charge in [-0.2, -0.15) is 4.72 Å². The van der Waals surface area contributed by atoms with Gasteiger partial charge in [-0.05, 0) is 42.7 Å². The fourth-order valence-corrected chi connectivity index (χ4v) is 4.79. The molecule has 3 aromatic carbocycles. The molecule has 1 amide bonds. The molecule has 0 aliphatic carbocycles. The predicted molar refractivity (Wildman–Crippen MR) is 125 cm³/mol. The summed E-state index contributed by atoms with van der Waals surface area (Å²) in [5.74, 6) is -0.292. The first-order chi connectivity index (χ1) is 15.3. The molecule has 3 rings (SSSR count). The van der Waals surface area contributed by atoms with E-state index in [0.29, 0.717) is 0 Å². The van der Waals surface area contributed by atoms with Crippen LogP contribution in [0.1, 0.15) is 16.7 Å². The first-order valence-corrected chi connectivity index (χ1v) is 11.9. The maximum Gasteiger partial charge on any atom is 0.245 e. The van der Waals surface area contributed by atoms with E-state index in [0.717, 1.165) is 16.7 Å². The lowest BCUT2D eigenvalue weighted by Gasteiger charge is -2.20. The van der Waals surface area contributed by atoms with Gasteiger partial charge in [0.2, 0.25) is 15.9 Å². The molecule has 1 atom stereocenters. The Kier molecular flexibility index (Phi) is 7.90. The largest absolute Gasteiger partial charge is 0.495 e. The number of ether oxygens (including phenoxy) is 1. The van der Waals surface area contributed by atoms with Gasteiger partial charge in [-0.3, -0.25) is 4.79 Å². The summed E-state index contributed by atoms with van der Waals surface area (Å²) >= 11 is 6.01. The summed E-state index contributed by atoms with van der Waals surface area (Å²) in [6.07, 6.45) is 0.183. The Morgan fingerprint density at radius 1 is 1.00 bits per heavy atom. The molecule has 0 bridgehead atoms. The summed E-state index contributed by atoms with van der Waals surface area (Å²) in [6, 6.07) is 20.2. The first-order valence-electron chi connectivity index (χ1n) is 10.0. The maximum absolute atomic E-state index is 13.2. The van der Waals surface area contributed by atoms with Gasteiger partial charge in [0.05, 0.1) is 7.11 Å². The Labute approximate surface area is 193 Å². The summed E-state index contributed by atoms with van der Waals surface area (Å²) in [5, 5.41) is 3.07. The van der Waals surface area contributed by atoms with E-state index < -0.39 is 22.0 Å². The first kappa shape index (κ1) is 23.8. The molecule has 0 heterocycles. The van der Waals surface area contributed by atoms with Crippen LogP contribution in [0.3, 0.4) is 0 Å². The maximum atomic E-state index is 13.2. The molecular weight excluding hydrogens is 448 g/mol. The molecule has 0 aliphatic rings. The van der Waals surface area contributed by atoms with Gasteiger partial charge >= 0.3 is 0 Å². The average Bonchev–Trinajstić information content (AvgIpc) is 2.78. The highest BCUT2D eigenvalue weighted by Crippen LogP contribution is 2.27.